The Bertz CT molecular complexity index is 627. The van der Waals surface area contributed by atoms with Crippen LogP contribution in [0.3, 0.4) is 0 Å². The summed E-state index contributed by atoms with van der Waals surface area (Å²) in [4.78, 5) is 41.8. The van der Waals surface area contributed by atoms with Gasteiger partial charge in [0.1, 0.15) is 6.04 Å². The molecule has 3 N–H and O–H groups in total. The highest BCUT2D eigenvalue weighted by molar-refractivity contribution is 5.90. The number of rotatable bonds is 6. The van der Waals surface area contributed by atoms with Crippen LogP contribution in [0.4, 0.5) is 0 Å². The van der Waals surface area contributed by atoms with Crippen molar-refractivity contribution in [2.24, 2.45) is 22.5 Å². The molecule has 0 saturated carbocycles. The molecule has 2 saturated heterocycles. The number of piperidine rings is 1. The smallest absolute Gasteiger partial charge is 0.245 e. The number of nitrogens with two attached hydrogens (primary N) is 1. The molecule has 2 fully saturated rings. The summed E-state index contributed by atoms with van der Waals surface area (Å²) >= 11 is 0. The van der Waals surface area contributed by atoms with Gasteiger partial charge in [0.15, 0.2) is 0 Å². The quantitative estimate of drug-likeness (QED) is 0.685. The van der Waals surface area contributed by atoms with Gasteiger partial charge in [-0.1, -0.05) is 41.5 Å². The molecule has 2 aliphatic rings. The van der Waals surface area contributed by atoms with Crippen molar-refractivity contribution >= 4 is 17.7 Å². The Morgan fingerprint density at radius 3 is 2.17 bits per heavy atom. The second-order valence-corrected chi connectivity index (χ2v) is 11.5. The van der Waals surface area contributed by atoms with Gasteiger partial charge < -0.3 is 20.9 Å². The molecule has 2 atom stereocenters. The largest absolute Gasteiger partial charge is 0.370 e. The fourth-order valence-corrected chi connectivity index (χ4v) is 4.60. The minimum Gasteiger partial charge on any atom is -0.370 e. The number of carbonyl (C=O) groups is 3. The molecule has 7 nitrogen and oxygen atoms in total. The van der Waals surface area contributed by atoms with Gasteiger partial charge in [0.05, 0.1) is 6.04 Å². The van der Waals surface area contributed by atoms with E-state index < -0.39 is 6.04 Å². The van der Waals surface area contributed by atoms with Crippen molar-refractivity contribution in [2.45, 2.75) is 85.7 Å². The molecule has 0 radical (unpaired) electrons. The standard InChI is InChI=1S/C23H42N4O3/c1-22(2,3)14-17-20(29)27(12-9-25-17)18(15-23(4,5)6)21(30)26-10-7-16(8-11-26)13-19(24)28/h16-18,25H,7-15H2,1-6H3,(H2,24,28)/t17-,18-/m0/s1. The lowest BCUT2D eigenvalue weighted by molar-refractivity contribution is -0.151. The second kappa shape index (κ2) is 9.67. The summed E-state index contributed by atoms with van der Waals surface area (Å²) in [7, 11) is 0. The summed E-state index contributed by atoms with van der Waals surface area (Å²) in [5, 5.41) is 3.36. The highest BCUT2D eigenvalue weighted by atomic mass is 16.2. The van der Waals surface area contributed by atoms with E-state index >= 15 is 0 Å². The monoisotopic (exact) mass is 422 g/mol. The minimum absolute atomic E-state index is 0.0299. The summed E-state index contributed by atoms with van der Waals surface area (Å²) in [5.74, 6) is 0.0703. The number of carbonyl (C=O) groups excluding carboxylic acids is 3. The summed E-state index contributed by atoms with van der Waals surface area (Å²) < 4.78 is 0. The molecule has 30 heavy (non-hydrogen) atoms. The number of amides is 3. The Labute approximate surface area is 182 Å². The third-order valence-corrected chi connectivity index (χ3v) is 6.02. The molecule has 2 aliphatic heterocycles. The molecule has 0 aromatic rings. The van der Waals surface area contributed by atoms with Gasteiger partial charge >= 0.3 is 0 Å². The zero-order chi connectivity index (χ0) is 22.7. The first-order valence-corrected chi connectivity index (χ1v) is 11.4. The van der Waals surface area contributed by atoms with Crippen LogP contribution in [0.5, 0.6) is 0 Å². The third kappa shape index (κ3) is 7.25. The average molecular weight is 423 g/mol. The van der Waals surface area contributed by atoms with Crippen molar-refractivity contribution < 1.29 is 14.4 Å². The van der Waals surface area contributed by atoms with Gasteiger partial charge in [0.25, 0.3) is 0 Å². The number of likely N-dealkylation sites (tertiary alicyclic amines) is 1. The lowest BCUT2D eigenvalue weighted by Gasteiger charge is -2.43. The van der Waals surface area contributed by atoms with E-state index in [1.807, 2.05) is 9.80 Å². The number of hydrogen-bond donors (Lipinski definition) is 2. The SMILES string of the molecule is CC(C)(C)C[C@@H]1NCCN([C@@H](CC(C)(C)C)C(=O)N2CCC(CC(N)=O)CC2)C1=O. The van der Waals surface area contributed by atoms with Gasteiger partial charge in [-0.3, -0.25) is 14.4 Å². The van der Waals surface area contributed by atoms with E-state index in [1.54, 1.807) is 0 Å². The number of primary amides is 1. The third-order valence-electron chi connectivity index (χ3n) is 6.02. The first-order chi connectivity index (χ1) is 13.8. The molecule has 3 amide bonds. The lowest BCUT2D eigenvalue weighted by atomic mass is 9.84. The van der Waals surface area contributed by atoms with Gasteiger partial charge in [0, 0.05) is 32.6 Å². The van der Waals surface area contributed by atoms with Crippen LogP contribution in [0.25, 0.3) is 0 Å². The van der Waals surface area contributed by atoms with E-state index in [-0.39, 0.29) is 40.5 Å². The molecule has 2 heterocycles. The van der Waals surface area contributed by atoms with Crippen LogP contribution in [0.2, 0.25) is 0 Å². The average Bonchev–Trinajstić information content (AvgIpc) is 2.59. The van der Waals surface area contributed by atoms with Crippen LogP contribution in [-0.2, 0) is 14.4 Å². The zero-order valence-corrected chi connectivity index (χ0v) is 19.8. The molecule has 2 rings (SSSR count). The van der Waals surface area contributed by atoms with Crippen molar-refractivity contribution in [1.29, 1.82) is 0 Å². The number of hydrogen-bond acceptors (Lipinski definition) is 4. The number of nitrogens with zero attached hydrogens (tertiary/aromatic N) is 2. The Hall–Kier alpha value is -1.63. The van der Waals surface area contributed by atoms with Gasteiger partial charge in [0.2, 0.25) is 17.7 Å². The molecule has 172 valence electrons. The predicted molar refractivity (Wildman–Crippen MR) is 119 cm³/mol. The Morgan fingerprint density at radius 2 is 1.67 bits per heavy atom. The van der Waals surface area contributed by atoms with E-state index in [4.69, 9.17) is 5.73 Å². The molecular formula is C23H42N4O3. The normalized spacial score (nSPS) is 22.9. The summed E-state index contributed by atoms with van der Waals surface area (Å²) in [6, 6.07) is -0.676. The van der Waals surface area contributed by atoms with E-state index in [1.165, 1.54) is 0 Å². The molecular weight excluding hydrogens is 380 g/mol. The maximum Gasteiger partial charge on any atom is 0.245 e. The number of nitrogens with one attached hydrogen (secondary N) is 1. The van der Waals surface area contributed by atoms with Crippen LogP contribution in [0.15, 0.2) is 0 Å². The van der Waals surface area contributed by atoms with Gasteiger partial charge in [-0.25, -0.2) is 0 Å². The highest BCUT2D eigenvalue weighted by Gasteiger charge is 2.41. The molecule has 0 bridgehead atoms. The molecule has 0 aliphatic carbocycles. The molecule has 0 aromatic carbocycles. The molecule has 7 heteroatoms. The molecule has 0 aromatic heterocycles. The van der Waals surface area contributed by atoms with E-state index in [0.29, 0.717) is 39.0 Å². The van der Waals surface area contributed by atoms with Crippen molar-refractivity contribution in [2.75, 3.05) is 26.2 Å². The summed E-state index contributed by atoms with van der Waals surface area (Å²) in [5.41, 5.74) is 5.29. The van der Waals surface area contributed by atoms with Crippen molar-refractivity contribution in [3.05, 3.63) is 0 Å². The van der Waals surface area contributed by atoms with Crippen molar-refractivity contribution in [3.63, 3.8) is 0 Å². The van der Waals surface area contributed by atoms with Crippen LogP contribution < -0.4 is 11.1 Å². The van der Waals surface area contributed by atoms with E-state index in [2.05, 4.69) is 46.9 Å². The van der Waals surface area contributed by atoms with Crippen LogP contribution in [0.1, 0.15) is 73.6 Å². The van der Waals surface area contributed by atoms with E-state index in [9.17, 15) is 14.4 Å². The van der Waals surface area contributed by atoms with Gasteiger partial charge in [-0.15, -0.1) is 0 Å². The molecule has 0 spiro atoms. The Kier molecular flexibility index (Phi) is 7.94. The summed E-state index contributed by atoms with van der Waals surface area (Å²) in [6.07, 6.45) is 3.36. The zero-order valence-electron chi connectivity index (χ0n) is 19.8. The second-order valence-electron chi connectivity index (χ2n) is 11.5. The lowest BCUT2D eigenvalue weighted by Crippen LogP contribution is -2.62. The van der Waals surface area contributed by atoms with Crippen LogP contribution in [0, 0.1) is 16.7 Å². The van der Waals surface area contributed by atoms with Gasteiger partial charge in [-0.05, 0) is 42.4 Å². The highest BCUT2D eigenvalue weighted by Crippen LogP contribution is 2.30. The van der Waals surface area contributed by atoms with Crippen molar-refractivity contribution in [3.8, 4) is 0 Å². The first-order valence-electron chi connectivity index (χ1n) is 11.4. The maximum atomic E-state index is 13.6. The minimum atomic E-state index is -0.435. The topological polar surface area (TPSA) is 95.7 Å². The predicted octanol–water partition coefficient (Wildman–Crippen LogP) is 2.14. The Morgan fingerprint density at radius 1 is 1.07 bits per heavy atom. The van der Waals surface area contributed by atoms with Crippen LogP contribution >= 0.6 is 0 Å². The molecule has 0 unspecified atom stereocenters. The fourth-order valence-electron chi connectivity index (χ4n) is 4.60. The fraction of sp³-hybridized carbons (Fsp3) is 0.870. The van der Waals surface area contributed by atoms with Crippen LogP contribution in [-0.4, -0.2) is 65.8 Å². The summed E-state index contributed by atoms with van der Waals surface area (Å²) in [6.45, 7) is 15.3. The van der Waals surface area contributed by atoms with Crippen molar-refractivity contribution in [1.82, 2.24) is 15.1 Å². The van der Waals surface area contributed by atoms with E-state index in [0.717, 1.165) is 19.3 Å². The maximum absolute atomic E-state index is 13.6. The first kappa shape index (κ1) is 24.6. The van der Waals surface area contributed by atoms with Gasteiger partial charge in [-0.2, -0.15) is 0 Å². The number of piperazine rings is 1. The Balaban J connectivity index is 2.14.